The highest BCUT2D eigenvalue weighted by molar-refractivity contribution is 5.46. The summed E-state index contributed by atoms with van der Waals surface area (Å²) in [5.74, 6) is 2.42. The van der Waals surface area contributed by atoms with Crippen molar-refractivity contribution in [1.29, 1.82) is 0 Å². The Balaban J connectivity index is 2.99. The highest BCUT2D eigenvalue weighted by atomic mass is 16.5. The lowest BCUT2D eigenvalue weighted by Crippen LogP contribution is -2.20. The first-order chi connectivity index (χ1) is 8.65. The summed E-state index contributed by atoms with van der Waals surface area (Å²) in [5.41, 5.74) is 2.53. The molecule has 0 aliphatic rings. The molecule has 0 saturated carbocycles. The van der Waals surface area contributed by atoms with E-state index in [4.69, 9.17) is 9.47 Å². The quantitative estimate of drug-likeness (QED) is 0.808. The summed E-state index contributed by atoms with van der Waals surface area (Å²) in [4.78, 5) is 0. The van der Waals surface area contributed by atoms with Crippen LogP contribution in [0.1, 0.15) is 24.5 Å². The molecule has 0 amide bonds. The van der Waals surface area contributed by atoms with Gasteiger partial charge in [-0.05, 0) is 50.0 Å². The minimum Gasteiger partial charge on any atom is -0.497 e. The molecule has 0 heterocycles. The molecule has 1 rings (SSSR count). The van der Waals surface area contributed by atoms with Crippen LogP contribution in [0.3, 0.4) is 0 Å². The predicted molar refractivity (Wildman–Crippen MR) is 75.7 cm³/mol. The van der Waals surface area contributed by atoms with Crippen LogP contribution in [0.15, 0.2) is 12.1 Å². The van der Waals surface area contributed by atoms with E-state index in [0.717, 1.165) is 30.9 Å². The van der Waals surface area contributed by atoms with Crippen LogP contribution in [-0.4, -0.2) is 27.8 Å². The van der Waals surface area contributed by atoms with Gasteiger partial charge in [0.05, 0.1) is 14.2 Å². The van der Waals surface area contributed by atoms with Crippen molar-refractivity contribution in [1.82, 2.24) is 5.32 Å². The van der Waals surface area contributed by atoms with Gasteiger partial charge < -0.3 is 14.8 Å². The lowest BCUT2D eigenvalue weighted by molar-refractivity contribution is 0.385. The topological polar surface area (TPSA) is 30.5 Å². The second-order valence-corrected chi connectivity index (χ2v) is 4.66. The van der Waals surface area contributed by atoms with Crippen LogP contribution in [0.2, 0.25) is 0 Å². The smallest absolute Gasteiger partial charge is 0.126 e. The van der Waals surface area contributed by atoms with Crippen LogP contribution < -0.4 is 14.8 Å². The molecule has 3 nitrogen and oxygen atoms in total. The van der Waals surface area contributed by atoms with E-state index >= 15 is 0 Å². The van der Waals surface area contributed by atoms with E-state index in [1.165, 1.54) is 11.1 Å². The zero-order valence-electron chi connectivity index (χ0n) is 12.2. The summed E-state index contributed by atoms with van der Waals surface area (Å²) in [6.45, 7) is 5.38. The zero-order valence-corrected chi connectivity index (χ0v) is 12.2. The number of methoxy groups -OCH3 is 2. The Hall–Kier alpha value is -1.22. The van der Waals surface area contributed by atoms with Gasteiger partial charge >= 0.3 is 0 Å². The Kier molecular flexibility index (Phi) is 5.99. The second kappa shape index (κ2) is 7.27. The molecule has 0 bridgehead atoms. The summed E-state index contributed by atoms with van der Waals surface area (Å²) in [6, 6.07) is 4.04. The Morgan fingerprint density at radius 3 is 2.44 bits per heavy atom. The third kappa shape index (κ3) is 3.64. The molecule has 0 spiro atoms. The van der Waals surface area contributed by atoms with Crippen molar-refractivity contribution in [3.8, 4) is 11.5 Å². The molecule has 0 aliphatic heterocycles. The van der Waals surface area contributed by atoms with Crippen molar-refractivity contribution in [2.45, 2.75) is 26.7 Å². The fourth-order valence-electron chi connectivity index (χ4n) is 2.25. The highest BCUT2D eigenvalue weighted by Crippen LogP contribution is 2.30. The Labute approximate surface area is 110 Å². The Bertz CT molecular complexity index is 377. The average molecular weight is 251 g/mol. The monoisotopic (exact) mass is 251 g/mol. The number of ether oxygens (including phenoxy) is 2. The number of hydrogen-bond acceptors (Lipinski definition) is 3. The van der Waals surface area contributed by atoms with E-state index < -0.39 is 0 Å². The molecule has 0 aliphatic carbocycles. The molecule has 1 atom stereocenters. The number of rotatable bonds is 7. The standard InChI is InChI=1S/C15H25NO2/c1-6-12(10-16-3)8-14-11(2)7-13(17-4)9-15(14)18-5/h7,9,12,16H,6,8,10H2,1-5H3. The van der Waals surface area contributed by atoms with Gasteiger partial charge in [0.15, 0.2) is 0 Å². The molecule has 3 heteroatoms. The van der Waals surface area contributed by atoms with E-state index in [2.05, 4.69) is 25.2 Å². The van der Waals surface area contributed by atoms with E-state index in [-0.39, 0.29) is 0 Å². The fraction of sp³-hybridized carbons (Fsp3) is 0.600. The first-order valence-electron chi connectivity index (χ1n) is 6.52. The van der Waals surface area contributed by atoms with Gasteiger partial charge in [-0.3, -0.25) is 0 Å². The maximum atomic E-state index is 5.49. The summed E-state index contributed by atoms with van der Waals surface area (Å²) >= 11 is 0. The van der Waals surface area contributed by atoms with Gasteiger partial charge in [0.2, 0.25) is 0 Å². The van der Waals surface area contributed by atoms with E-state index in [1.807, 2.05) is 13.1 Å². The van der Waals surface area contributed by atoms with E-state index in [0.29, 0.717) is 5.92 Å². The molecular formula is C15H25NO2. The van der Waals surface area contributed by atoms with Crippen molar-refractivity contribution in [2.75, 3.05) is 27.8 Å². The van der Waals surface area contributed by atoms with Crippen molar-refractivity contribution < 1.29 is 9.47 Å². The first kappa shape index (κ1) is 14.8. The molecule has 0 fully saturated rings. The Morgan fingerprint density at radius 1 is 1.22 bits per heavy atom. The SMILES string of the molecule is CCC(CNC)Cc1c(C)cc(OC)cc1OC. The number of aryl methyl sites for hydroxylation is 1. The normalized spacial score (nSPS) is 12.3. The average Bonchev–Trinajstić information content (AvgIpc) is 2.39. The van der Waals surface area contributed by atoms with Crippen LogP contribution in [0.4, 0.5) is 0 Å². The van der Waals surface area contributed by atoms with Gasteiger partial charge in [-0.15, -0.1) is 0 Å². The summed E-state index contributed by atoms with van der Waals surface area (Å²) in [5, 5.41) is 3.25. The maximum Gasteiger partial charge on any atom is 0.126 e. The minimum atomic E-state index is 0.635. The van der Waals surface area contributed by atoms with Gasteiger partial charge in [-0.1, -0.05) is 13.3 Å². The molecule has 1 unspecified atom stereocenters. The van der Waals surface area contributed by atoms with Gasteiger partial charge in [-0.2, -0.15) is 0 Å². The predicted octanol–water partition coefficient (Wildman–Crippen LogP) is 2.80. The first-order valence-corrected chi connectivity index (χ1v) is 6.52. The molecule has 102 valence electrons. The summed E-state index contributed by atoms with van der Waals surface area (Å²) < 4.78 is 10.8. The molecule has 1 aromatic carbocycles. The number of nitrogens with one attached hydrogen (secondary N) is 1. The number of benzene rings is 1. The van der Waals surface area contributed by atoms with Crippen molar-refractivity contribution in [3.63, 3.8) is 0 Å². The van der Waals surface area contributed by atoms with Crippen LogP contribution in [0.5, 0.6) is 11.5 Å². The fourth-order valence-corrected chi connectivity index (χ4v) is 2.25. The van der Waals surface area contributed by atoms with Crippen molar-refractivity contribution in [2.24, 2.45) is 5.92 Å². The molecular weight excluding hydrogens is 226 g/mol. The van der Waals surface area contributed by atoms with Crippen LogP contribution in [0.25, 0.3) is 0 Å². The number of hydrogen-bond donors (Lipinski definition) is 1. The van der Waals surface area contributed by atoms with Crippen molar-refractivity contribution >= 4 is 0 Å². The van der Waals surface area contributed by atoms with E-state index in [9.17, 15) is 0 Å². The van der Waals surface area contributed by atoms with Crippen LogP contribution in [-0.2, 0) is 6.42 Å². The maximum absolute atomic E-state index is 5.49. The lowest BCUT2D eigenvalue weighted by atomic mass is 9.93. The van der Waals surface area contributed by atoms with Gasteiger partial charge in [-0.25, -0.2) is 0 Å². The van der Waals surface area contributed by atoms with Gasteiger partial charge in [0, 0.05) is 6.07 Å². The zero-order chi connectivity index (χ0) is 13.5. The molecule has 0 radical (unpaired) electrons. The second-order valence-electron chi connectivity index (χ2n) is 4.66. The van der Waals surface area contributed by atoms with Crippen LogP contribution in [0, 0.1) is 12.8 Å². The third-order valence-electron chi connectivity index (χ3n) is 3.42. The van der Waals surface area contributed by atoms with Crippen LogP contribution >= 0.6 is 0 Å². The molecule has 1 aromatic rings. The minimum absolute atomic E-state index is 0.635. The van der Waals surface area contributed by atoms with Crippen molar-refractivity contribution in [3.05, 3.63) is 23.3 Å². The molecule has 0 aromatic heterocycles. The highest BCUT2D eigenvalue weighted by Gasteiger charge is 2.14. The van der Waals surface area contributed by atoms with Gasteiger partial charge in [0.25, 0.3) is 0 Å². The van der Waals surface area contributed by atoms with Gasteiger partial charge in [0.1, 0.15) is 11.5 Å². The summed E-state index contributed by atoms with van der Waals surface area (Å²) in [6.07, 6.45) is 2.20. The summed E-state index contributed by atoms with van der Waals surface area (Å²) in [7, 11) is 5.40. The van der Waals surface area contributed by atoms with E-state index in [1.54, 1.807) is 14.2 Å². The largest absolute Gasteiger partial charge is 0.497 e. The molecule has 18 heavy (non-hydrogen) atoms. The third-order valence-corrected chi connectivity index (χ3v) is 3.42. The lowest BCUT2D eigenvalue weighted by Gasteiger charge is -2.19. The molecule has 1 N–H and O–H groups in total. The Morgan fingerprint density at radius 2 is 1.94 bits per heavy atom. The molecule has 0 saturated heterocycles.